The average molecular weight is 385 g/mol. The third-order valence-corrected chi connectivity index (χ3v) is 5.90. The van der Waals surface area contributed by atoms with Crippen molar-refractivity contribution >= 4 is 32.5 Å². The number of amides is 1. The van der Waals surface area contributed by atoms with Crippen molar-refractivity contribution in [2.45, 2.75) is 17.9 Å². The lowest BCUT2D eigenvalue weighted by molar-refractivity contribution is -0.118. The van der Waals surface area contributed by atoms with E-state index in [9.17, 15) is 13.2 Å². The number of anilines is 1. The molecule has 3 aromatic rings. The smallest absolute Gasteiger partial charge is 0.262 e. The van der Waals surface area contributed by atoms with Crippen LogP contribution < -0.4 is 14.8 Å². The minimum atomic E-state index is -3.66. The Labute approximate surface area is 157 Å². The first kappa shape index (κ1) is 17.6. The lowest BCUT2D eigenvalue weighted by atomic mass is 10.2. The maximum absolute atomic E-state index is 12.5. The van der Waals surface area contributed by atoms with Gasteiger partial charge in [0.15, 0.2) is 6.61 Å². The fourth-order valence-corrected chi connectivity index (χ4v) is 4.20. The summed E-state index contributed by atoms with van der Waals surface area (Å²) in [6, 6.07) is 14.5. The molecule has 0 saturated heterocycles. The molecular formula is C19H19N3O4S. The number of nitrogens with one attached hydrogen (secondary N) is 2. The highest BCUT2D eigenvalue weighted by atomic mass is 32.2. The zero-order valence-corrected chi connectivity index (χ0v) is 15.3. The molecule has 1 aromatic heterocycles. The topological polar surface area (TPSA) is 89.4 Å². The number of para-hydroxylation sites is 1. The molecule has 1 aliphatic rings. The summed E-state index contributed by atoms with van der Waals surface area (Å²) in [7, 11) is -3.66. The molecule has 2 N–H and O–H groups in total. The van der Waals surface area contributed by atoms with Crippen LogP contribution in [0.4, 0.5) is 5.69 Å². The fraction of sp³-hybridized carbons (Fsp3) is 0.211. The number of rotatable bonds is 6. The van der Waals surface area contributed by atoms with Crippen molar-refractivity contribution in [1.82, 2.24) is 9.29 Å². The number of aryl methyl sites for hydroxylation is 1. The van der Waals surface area contributed by atoms with Crippen LogP contribution in [0, 0.1) is 0 Å². The van der Waals surface area contributed by atoms with Crippen LogP contribution in [-0.2, 0) is 21.4 Å². The molecule has 140 valence electrons. The first-order valence-corrected chi connectivity index (χ1v) is 10.1. The van der Waals surface area contributed by atoms with Gasteiger partial charge >= 0.3 is 0 Å². The van der Waals surface area contributed by atoms with Gasteiger partial charge in [0, 0.05) is 24.8 Å². The summed E-state index contributed by atoms with van der Waals surface area (Å²) < 4.78 is 35.0. The van der Waals surface area contributed by atoms with E-state index in [0.717, 1.165) is 10.9 Å². The predicted molar refractivity (Wildman–Crippen MR) is 102 cm³/mol. The Bertz CT molecular complexity index is 1110. The number of nitrogens with zero attached hydrogens (tertiary/aromatic N) is 1. The Kier molecular flexibility index (Phi) is 4.59. The second kappa shape index (κ2) is 7.05. The van der Waals surface area contributed by atoms with Gasteiger partial charge in [-0.05, 0) is 42.1 Å². The molecule has 1 amide bonds. The number of fused-ring (bicyclic) bond motifs is 2. The van der Waals surface area contributed by atoms with Gasteiger partial charge in [0.25, 0.3) is 5.91 Å². The number of benzene rings is 2. The van der Waals surface area contributed by atoms with Crippen molar-refractivity contribution in [3.63, 3.8) is 0 Å². The fourth-order valence-electron chi connectivity index (χ4n) is 3.10. The highest BCUT2D eigenvalue weighted by Crippen LogP contribution is 2.29. The quantitative estimate of drug-likeness (QED) is 0.638. The Morgan fingerprint density at radius 1 is 1.15 bits per heavy atom. The first-order valence-electron chi connectivity index (χ1n) is 8.63. The minimum Gasteiger partial charge on any atom is -0.482 e. The average Bonchev–Trinajstić information content (AvgIpc) is 3.08. The van der Waals surface area contributed by atoms with E-state index < -0.39 is 10.0 Å². The number of aromatic nitrogens is 1. The Balaban J connectivity index is 1.39. The summed E-state index contributed by atoms with van der Waals surface area (Å²) in [5, 5.41) is 3.78. The molecule has 0 unspecified atom stereocenters. The highest BCUT2D eigenvalue weighted by molar-refractivity contribution is 7.89. The third-order valence-electron chi connectivity index (χ3n) is 4.44. The van der Waals surface area contributed by atoms with Crippen LogP contribution in [0.3, 0.4) is 0 Å². The maximum atomic E-state index is 12.5. The maximum Gasteiger partial charge on any atom is 0.262 e. The molecule has 8 heteroatoms. The van der Waals surface area contributed by atoms with Crippen molar-refractivity contribution in [1.29, 1.82) is 0 Å². The molecule has 1 aliphatic heterocycles. The molecule has 0 radical (unpaired) electrons. The van der Waals surface area contributed by atoms with Gasteiger partial charge in [-0.15, -0.1) is 0 Å². The van der Waals surface area contributed by atoms with Gasteiger partial charge in [-0.1, -0.05) is 18.2 Å². The third kappa shape index (κ3) is 3.67. The number of carbonyl (C=O) groups excluding carboxylic acids is 1. The number of hydrogen-bond donors (Lipinski definition) is 2. The van der Waals surface area contributed by atoms with Crippen molar-refractivity contribution < 1.29 is 17.9 Å². The highest BCUT2D eigenvalue weighted by Gasteiger charge is 2.20. The zero-order chi connectivity index (χ0) is 18.9. The molecule has 2 heterocycles. The van der Waals surface area contributed by atoms with Crippen LogP contribution in [0.1, 0.15) is 6.42 Å². The summed E-state index contributed by atoms with van der Waals surface area (Å²) >= 11 is 0. The van der Waals surface area contributed by atoms with Gasteiger partial charge in [0.2, 0.25) is 10.0 Å². The largest absolute Gasteiger partial charge is 0.482 e. The van der Waals surface area contributed by atoms with E-state index in [1.807, 2.05) is 36.5 Å². The van der Waals surface area contributed by atoms with E-state index in [4.69, 9.17) is 4.74 Å². The van der Waals surface area contributed by atoms with Crippen LogP contribution >= 0.6 is 0 Å². The zero-order valence-electron chi connectivity index (χ0n) is 14.5. The number of sulfonamides is 1. The van der Waals surface area contributed by atoms with E-state index in [0.29, 0.717) is 30.9 Å². The molecule has 0 spiro atoms. The molecule has 2 aromatic carbocycles. The number of hydrogen-bond acceptors (Lipinski definition) is 4. The second-order valence-corrected chi connectivity index (χ2v) is 8.08. The lowest BCUT2D eigenvalue weighted by Gasteiger charge is -2.18. The van der Waals surface area contributed by atoms with Crippen molar-refractivity contribution in [3.05, 3.63) is 54.7 Å². The van der Waals surface area contributed by atoms with Gasteiger partial charge in [-0.3, -0.25) is 4.79 Å². The molecular weight excluding hydrogens is 366 g/mol. The predicted octanol–water partition coefficient (Wildman–Crippen LogP) is 2.34. The van der Waals surface area contributed by atoms with Gasteiger partial charge < -0.3 is 14.6 Å². The monoisotopic (exact) mass is 385 g/mol. The molecule has 0 bridgehead atoms. The van der Waals surface area contributed by atoms with E-state index in [2.05, 4.69) is 14.6 Å². The van der Waals surface area contributed by atoms with E-state index in [1.165, 1.54) is 12.1 Å². The van der Waals surface area contributed by atoms with E-state index in [1.54, 1.807) is 6.07 Å². The SMILES string of the molecule is O=C1COc2ccc(S(=O)(=O)NCCCn3ccc4ccccc43)cc2N1. The van der Waals surface area contributed by atoms with Crippen LogP contribution in [0.5, 0.6) is 5.75 Å². The standard InChI is InChI=1S/C19H19N3O4S/c23-19-13-26-18-7-6-15(12-16(18)21-19)27(24,25)20-9-3-10-22-11-8-14-4-1-2-5-17(14)22/h1-2,4-8,11-12,20H,3,9-10,13H2,(H,21,23). The van der Waals surface area contributed by atoms with Crippen LogP contribution in [0.2, 0.25) is 0 Å². The molecule has 0 atom stereocenters. The summed E-state index contributed by atoms with van der Waals surface area (Å²) in [6.07, 6.45) is 2.66. The molecule has 4 rings (SSSR count). The molecule has 0 fully saturated rings. The van der Waals surface area contributed by atoms with Gasteiger partial charge in [0.05, 0.1) is 10.6 Å². The first-order chi connectivity index (χ1) is 13.0. The summed E-state index contributed by atoms with van der Waals surface area (Å²) in [5.41, 5.74) is 1.50. The molecule has 0 aliphatic carbocycles. The second-order valence-electron chi connectivity index (χ2n) is 6.31. The van der Waals surface area contributed by atoms with E-state index >= 15 is 0 Å². The summed E-state index contributed by atoms with van der Waals surface area (Å²) in [6.45, 7) is 0.963. The Morgan fingerprint density at radius 2 is 2.00 bits per heavy atom. The van der Waals surface area contributed by atoms with Crippen molar-refractivity contribution in [3.8, 4) is 5.75 Å². The summed E-state index contributed by atoms with van der Waals surface area (Å²) in [5.74, 6) is 0.164. The van der Waals surface area contributed by atoms with Crippen LogP contribution in [0.25, 0.3) is 10.9 Å². The normalized spacial score (nSPS) is 13.9. The van der Waals surface area contributed by atoms with Gasteiger partial charge in [0.1, 0.15) is 5.75 Å². The molecule has 27 heavy (non-hydrogen) atoms. The lowest BCUT2D eigenvalue weighted by Crippen LogP contribution is -2.27. The Morgan fingerprint density at radius 3 is 2.89 bits per heavy atom. The van der Waals surface area contributed by atoms with Crippen molar-refractivity contribution in [2.75, 3.05) is 18.5 Å². The van der Waals surface area contributed by atoms with Crippen LogP contribution in [0.15, 0.2) is 59.6 Å². The van der Waals surface area contributed by atoms with Crippen molar-refractivity contribution in [2.24, 2.45) is 0 Å². The minimum absolute atomic E-state index is 0.0641. The van der Waals surface area contributed by atoms with Gasteiger partial charge in [-0.25, -0.2) is 13.1 Å². The molecule has 7 nitrogen and oxygen atoms in total. The number of ether oxygens (including phenoxy) is 1. The van der Waals surface area contributed by atoms with Crippen LogP contribution in [-0.4, -0.2) is 32.0 Å². The summed E-state index contributed by atoms with van der Waals surface area (Å²) in [4.78, 5) is 11.5. The van der Waals surface area contributed by atoms with Gasteiger partial charge in [-0.2, -0.15) is 0 Å². The Hall–Kier alpha value is -2.84. The van der Waals surface area contributed by atoms with E-state index in [-0.39, 0.29) is 17.4 Å². The molecule has 0 saturated carbocycles. The number of carbonyl (C=O) groups is 1.